The first kappa shape index (κ1) is 16.3. The van der Waals surface area contributed by atoms with Crippen LogP contribution in [-0.4, -0.2) is 22.6 Å². The molecular weight excluding hydrogens is 254 g/mol. The first-order chi connectivity index (χ1) is 9.35. The van der Waals surface area contributed by atoms with E-state index in [1.165, 1.54) is 31.5 Å². The van der Waals surface area contributed by atoms with Gasteiger partial charge in [0.2, 0.25) is 0 Å². The van der Waals surface area contributed by atoms with Crippen molar-refractivity contribution in [3.63, 3.8) is 0 Å². The van der Waals surface area contributed by atoms with Crippen LogP contribution in [0, 0.1) is 5.41 Å². The number of nitrogens with two attached hydrogens (primary N) is 1. The third-order valence-electron chi connectivity index (χ3n) is 3.33. The van der Waals surface area contributed by atoms with Crippen LogP contribution in [0.2, 0.25) is 0 Å². The van der Waals surface area contributed by atoms with E-state index in [2.05, 4.69) is 31.1 Å². The van der Waals surface area contributed by atoms with Crippen molar-refractivity contribution in [3.8, 4) is 0 Å². The quantitative estimate of drug-likeness (QED) is 0.635. The van der Waals surface area contributed by atoms with Crippen molar-refractivity contribution in [3.05, 3.63) is 17.8 Å². The molecule has 112 valence electrons. The Bertz CT molecular complexity index is 458. The Hall–Kier alpha value is -1.78. The number of aromatic carboxylic acids is 1. The van der Waals surface area contributed by atoms with Gasteiger partial charge in [0.25, 0.3) is 0 Å². The van der Waals surface area contributed by atoms with Crippen LogP contribution in [-0.2, 0) is 0 Å². The van der Waals surface area contributed by atoms with E-state index >= 15 is 0 Å². The molecule has 1 rings (SSSR count). The Balaban J connectivity index is 2.67. The summed E-state index contributed by atoms with van der Waals surface area (Å²) < 4.78 is 0. The molecule has 0 bridgehead atoms. The predicted octanol–water partition coefficient (Wildman–Crippen LogP) is 3.38. The van der Waals surface area contributed by atoms with Crippen molar-refractivity contribution in [1.82, 2.24) is 4.98 Å². The topological polar surface area (TPSA) is 88.2 Å². The van der Waals surface area contributed by atoms with Crippen molar-refractivity contribution in [2.24, 2.45) is 5.41 Å². The van der Waals surface area contributed by atoms with Crippen LogP contribution < -0.4 is 11.1 Å². The molecule has 1 aromatic rings. The number of rotatable bonds is 8. The average Bonchev–Trinajstić information content (AvgIpc) is 2.37. The van der Waals surface area contributed by atoms with Crippen molar-refractivity contribution < 1.29 is 9.90 Å². The second kappa shape index (κ2) is 7.12. The minimum atomic E-state index is -1.02. The molecule has 20 heavy (non-hydrogen) atoms. The fourth-order valence-electron chi connectivity index (χ4n) is 2.05. The fraction of sp³-hybridized carbons (Fsp3) is 0.600. The van der Waals surface area contributed by atoms with Crippen molar-refractivity contribution in [2.45, 2.75) is 46.5 Å². The van der Waals surface area contributed by atoms with Crippen LogP contribution in [0.3, 0.4) is 0 Å². The van der Waals surface area contributed by atoms with E-state index in [1.807, 2.05) is 0 Å². The Morgan fingerprint density at radius 1 is 1.45 bits per heavy atom. The van der Waals surface area contributed by atoms with E-state index in [-0.39, 0.29) is 11.0 Å². The van der Waals surface area contributed by atoms with Gasteiger partial charge < -0.3 is 16.2 Å². The van der Waals surface area contributed by atoms with Gasteiger partial charge in [-0.3, -0.25) is 0 Å². The predicted molar refractivity (Wildman–Crippen MR) is 82.0 cm³/mol. The number of nitrogens with one attached hydrogen (secondary N) is 1. The van der Waals surface area contributed by atoms with Gasteiger partial charge in [0.1, 0.15) is 11.4 Å². The molecule has 0 atom stereocenters. The van der Waals surface area contributed by atoms with Gasteiger partial charge in [-0.25, -0.2) is 9.78 Å². The minimum Gasteiger partial charge on any atom is -0.478 e. The van der Waals surface area contributed by atoms with E-state index in [0.29, 0.717) is 18.1 Å². The Morgan fingerprint density at radius 3 is 2.75 bits per heavy atom. The highest BCUT2D eigenvalue weighted by Crippen LogP contribution is 2.25. The summed E-state index contributed by atoms with van der Waals surface area (Å²) in [6.45, 7) is 7.22. The lowest BCUT2D eigenvalue weighted by atomic mass is 9.87. The third-order valence-corrected chi connectivity index (χ3v) is 3.33. The molecule has 0 fully saturated rings. The van der Waals surface area contributed by atoms with Gasteiger partial charge in [0.05, 0.1) is 11.9 Å². The summed E-state index contributed by atoms with van der Waals surface area (Å²) in [5.74, 6) is -0.633. The zero-order valence-electron chi connectivity index (χ0n) is 12.6. The highest BCUT2D eigenvalue weighted by atomic mass is 16.4. The number of nitrogens with zero attached hydrogens (tertiary/aromatic N) is 1. The van der Waals surface area contributed by atoms with Gasteiger partial charge in [-0.2, -0.15) is 0 Å². The first-order valence-corrected chi connectivity index (χ1v) is 7.08. The molecule has 0 radical (unpaired) electrons. The first-order valence-electron chi connectivity index (χ1n) is 7.08. The summed E-state index contributed by atoms with van der Waals surface area (Å²) >= 11 is 0. The molecule has 0 saturated heterocycles. The Labute approximate surface area is 120 Å². The van der Waals surface area contributed by atoms with Gasteiger partial charge in [-0.1, -0.05) is 40.0 Å². The molecule has 0 unspecified atom stereocenters. The van der Waals surface area contributed by atoms with Crippen LogP contribution in [0.5, 0.6) is 0 Å². The number of hydrogen-bond acceptors (Lipinski definition) is 4. The number of carboxylic acids is 1. The lowest BCUT2D eigenvalue weighted by molar-refractivity contribution is 0.0697. The fourth-order valence-corrected chi connectivity index (χ4v) is 2.05. The maximum atomic E-state index is 11.2. The van der Waals surface area contributed by atoms with Gasteiger partial charge in [0.15, 0.2) is 0 Å². The second-order valence-corrected chi connectivity index (χ2v) is 5.94. The van der Waals surface area contributed by atoms with Gasteiger partial charge in [0, 0.05) is 6.54 Å². The lowest BCUT2D eigenvalue weighted by Gasteiger charge is -2.25. The van der Waals surface area contributed by atoms with Crippen molar-refractivity contribution >= 4 is 17.5 Å². The van der Waals surface area contributed by atoms with Gasteiger partial charge in [-0.05, 0) is 17.9 Å². The van der Waals surface area contributed by atoms with Crippen LogP contribution in [0.4, 0.5) is 11.5 Å². The molecular formula is C15H25N3O2. The number of anilines is 2. The lowest BCUT2D eigenvalue weighted by Crippen LogP contribution is -2.24. The molecule has 1 aromatic heterocycles. The number of pyridine rings is 1. The van der Waals surface area contributed by atoms with Crippen LogP contribution in [0.1, 0.15) is 56.8 Å². The molecule has 0 aliphatic carbocycles. The summed E-state index contributed by atoms with van der Waals surface area (Å²) in [6, 6.07) is 1.43. The Morgan fingerprint density at radius 2 is 2.15 bits per heavy atom. The normalized spacial score (nSPS) is 11.3. The highest BCUT2D eigenvalue weighted by molar-refractivity contribution is 5.94. The molecule has 0 aromatic carbocycles. The SMILES string of the molecule is CCCCCC(C)(C)CNc1ncc(N)cc1C(=O)O. The molecule has 0 aliphatic heterocycles. The molecule has 5 nitrogen and oxygen atoms in total. The molecule has 0 spiro atoms. The van der Waals surface area contributed by atoms with Crippen LogP contribution in [0.25, 0.3) is 0 Å². The molecule has 0 amide bonds. The highest BCUT2D eigenvalue weighted by Gasteiger charge is 2.19. The largest absolute Gasteiger partial charge is 0.478 e. The average molecular weight is 279 g/mol. The third kappa shape index (κ3) is 5.07. The summed E-state index contributed by atoms with van der Waals surface area (Å²) in [7, 11) is 0. The van der Waals surface area contributed by atoms with Crippen molar-refractivity contribution in [2.75, 3.05) is 17.6 Å². The maximum absolute atomic E-state index is 11.2. The second-order valence-electron chi connectivity index (χ2n) is 5.94. The zero-order valence-corrected chi connectivity index (χ0v) is 12.6. The summed E-state index contributed by atoms with van der Waals surface area (Å²) in [5, 5.41) is 12.3. The molecule has 1 heterocycles. The summed E-state index contributed by atoms with van der Waals surface area (Å²) in [5.41, 5.74) is 6.16. The molecule has 0 aliphatic rings. The van der Waals surface area contributed by atoms with E-state index < -0.39 is 5.97 Å². The number of carbonyl (C=O) groups is 1. The number of unbranched alkanes of at least 4 members (excludes halogenated alkanes) is 2. The summed E-state index contributed by atoms with van der Waals surface area (Å²) in [4.78, 5) is 15.3. The van der Waals surface area contributed by atoms with E-state index in [4.69, 9.17) is 10.8 Å². The van der Waals surface area contributed by atoms with Crippen LogP contribution >= 0.6 is 0 Å². The minimum absolute atomic E-state index is 0.105. The van der Waals surface area contributed by atoms with Crippen molar-refractivity contribution in [1.29, 1.82) is 0 Å². The van der Waals surface area contributed by atoms with E-state index in [1.54, 1.807) is 0 Å². The van der Waals surface area contributed by atoms with Gasteiger partial charge in [-0.15, -0.1) is 0 Å². The van der Waals surface area contributed by atoms with E-state index in [0.717, 1.165) is 6.42 Å². The summed E-state index contributed by atoms with van der Waals surface area (Å²) in [6.07, 6.45) is 6.19. The number of aromatic nitrogens is 1. The monoisotopic (exact) mass is 279 g/mol. The Kier molecular flexibility index (Phi) is 5.80. The maximum Gasteiger partial charge on any atom is 0.339 e. The molecule has 5 heteroatoms. The number of carboxylic acid groups (broad SMARTS) is 1. The number of hydrogen-bond donors (Lipinski definition) is 3. The van der Waals surface area contributed by atoms with Gasteiger partial charge >= 0.3 is 5.97 Å². The zero-order chi connectivity index (χ0) is 15.2. The molecule has 0 saturated carbocycles. The standard InChI is InChI=1S/C15H25N3O2/c1-4-5-6-7-15(2,3)10-18-13-12(14(19)20)8-11(16)9-17-13/h8-9H,4-7,10,16H2,1-3H3,(H,17,18)(H,19,20). The smallest absolute Gasteiger partial charge is 0.339 e. The molecule has 4 N–H and O–H groups in total. The van der Waals surface area contributed by atoms with E-state index in [9.17, 15) is 4.79 Å². The van der Waals surface area contributed by atoms with Crippen LogP contribution in [0.15, 0.2) is 12.3 Å². The number of nitrogen functional groups attached to an aromatic ring is 1.